The maximum atomic E-state index is 4.86. The fourth-order valence-electron chi connectivity index (χ4n) is 4.49. The molecule has 1 N–H and O–H groups in total. The van der Waals surface area contributed by atoms with Crippen LogP contribution in [0.15, 0.2) is 66.7 Å². The van der Waals surface area contributed by atoms with Crippen molar-refractivity contribution in [2.45, 2.75) is 46.3 Å². The summed E-state index contributed by atoms with van der Waals surface area (Å²) >= 11 is 0. The number of unbranched alkanes of at least 4 members (excludes halogenated alkanes) is 1. The molecule has 0 atom stereocenters. The molecule has 2 heterocycles. The number of benzene rings is 3. The summed E-state index contributed by atoms with van der Waals surface area (Å²) in [6.45, 7) is 7.17. The van der Waals surface area contributed by atoms with Crippen LogP contribution in [0, 0.1) is 0 Å². The minimum atomic E-state index is 0.761. The number of hydrogen-bond acceptors (Lipinski definition) is 2. The van der Waals surface area contributed by atoms with Crippen LogP contribution in [-0.2, 0) is 19.6 Å². The van der Waals surface area contributed by atoms with Crippen molar-refractivity contribution >= 4 is 38.8 Å². The minimum absolute atomic E-state index is 0.761. The molecule has 0 aliphatic rings. The lowest BCUT2D eigenvalue weighted by atomic mass is 10.1. The third kappa shape index (κ3) is 3.13. The van der Waals surface area contributed by atoms with Gasteiger partial charge in [0.1, 0.15) is 0 Å². The molecule has 30 heavy (non-hydrogen) atoms. The van der Waals surface area contributed by atoms with Crippen LogP contribution < -0.4 is 5.32 Å². The maximum absolute atomic E-state index is 4.86. The van der Waals surface area contributed by atoms with Gasteiger partial charge < -0.3 is 14.5 Å². The van der Waals surface area contributed by atoms with Crippen molar-refractivity contribution in [2.24, 2.45) is 0 Å². The molecule has 0 aliphatic heterocycles. The highest BCUT2D eigenvalue weighted by molar-refractivity contribution is 6.08. The Morgan fingerprint density at radius 1 is 0.800 bits per heavy atom. The lowest BCUT2D eigenvalue weighted by Crippen LogP contribution is -2.08. The van der Waals surface area contributed by atoms with E-state index in [4.69, 9.17) is 4.98 Å². The second kappa shape index (κ2) is 7.86. The summed E-state index contributed by atoms with van der Waals surface area (Å²) < 4.78 is 4.71. The van der Waals surface area contributed by atoms with Gasteiger partial charge in [0.05, 0.1) is 11.0 Å². The monoisotopic (exact) mass is 396 g/mol. The highest BCUT2D eigenvalue weighted by Gasteiger charge is 2.12. The van der Waals surface area contributed by atoms with Crippen LogP contribution in [0.25, 0.3) is 32.8 Å². The molecule has 0 unspecified atom stereocenters. The van der Waals surface area contributed by atoms with Gasteiger partial charge >= 0.3 is 0 Å². The Labute approximate surface area is 177 Å². The standard InChI is InChI=1S/C26H28N4/c1-3-5-16-30-25-13-9-7-11-22(25)28-26(30)27-18-19-14-15-24-21(17-19)20-10-6-8-12-23(20)29(24)4-2/h6-15,17H,3-5,16,18H2,1-2H3,(H,27,28). The van der Waals surface area contributed by atoms with Crippen molar-refractivity contribution in [1.29, 1.82) is 0 Å². The molecule has 0 fully saturated rings. The average Bonchev–Trinajstić information content (AvgIpc) is 3.30. The van der Waals surface area contributed by atoms with Crippen LogP contribution >= 0.6 is 0 Å². The Morgan fingerprint density at radius 2 is 1.57 bits per heavy atom. The predicted molar refractivity (Wildman–Crippen MR) is 127 cm³/mol. The summed E-state index contributed by atoms with van der Waals surface area (Å²) in [5.74, 6) is 0.959. The first-order valence-electron chi connectivity index (χ1n) is 11.0. The maximum Gasteiger partial charge on any atom is 0.204 e. The lowest BCUT2D eigenvalue weighted by molar-refractivity contribution is 0.649. The Morgan fingerprint density at radius 3 is 2.40 bits per heavy atom. The number of rotatable bonds is 7. The molecule has 0 aliphatic carbocycles. The van der Waals surface area contributed by atoms with E-state index < -0.39 is 0 Å². The Kier molecular flexibility index (Phi) is 4.91. The van der Waals surface area contributed by atoms with Crippen LogP contribution in [-0.4, -0.2) is 14.1 Å². The van der Waals surface area contributed by atoms with Gasteiger partial charge in [0.15, 0.2) is 0 Å². The molecule has 152 valence electrons. The zero-order chi connectivity index (χ0) is 20.5. The van der Waals surface area contributed by atoms with E-state index in [-0.39, 0.29) is 0 Å². The molecule has 0 saturated heterocycles. The molecule has 0 radical (unpaired) electrons. The molecule has 2 aromatic heterocycles. The van der Waals surface area contributed by atoms with Gasteiger partial charge in [0, 0.05) is 41.4 Å². The number of nitrogens with zero attached hydrogens (tertiary/aromatic N) is 3. The van der Waals surface area contributed by atoms with Gasteiger partial charge in [-0.1, -0.05) is 49.7 Å². The molecule has 0 spiro atoms. The molecule has 0 bridgehead atoms. The zero-order valence-electron chi connectivity index (χ0n) is 17.7. The number of fused-ring (bicyclic) bond motifs is 4. The van der Waals surface area contributed by atoms with Gasteiger partial charge in [-0.2, -0.15) is 0 Å². The van der Waals surface area contributed by atoms with Crippen LogP contribution in [0.5, 0.6) is 0 Å². The minimum Gasteiger partial charge on any atom is -0.352 e. The van der Waals surface area contributed by atoms with E-state index >= 15 is 0 Å². The largest absolute Gasteiger partial charge is 0.352 e. The Hall–Kier alpha value is -3.27. The summed E-state index contributed by atoms with van der Waals surface area (Å²) in [5, 5.41) is 6.26. The molecule has 5 rings (SSSR count). The van der Waals surface area contributed by atoms with Crippen molar-refractivity contribution in [1.82, 2.24) is 14.1 Å². The van der Waals surface area contributed by atoms with Gasteiger partial charge in [-0.05, 0) is 49.2 Å². The first-order chi connectivity index (χ1) is 14.8. The van der Waals surface area contributed by atoms with Gasteiger partial charge in [-0.15, -0.1) is 0 Å². The van der Waals surface area contributed by atoms with Crippen LogP contribution in [0.1, 0.15) is 32.3 Å². The second-order valence-corrected chi connectivity index (χ2v) is 7.90. The van der Waals surface area contributed by atoms with Gasteiger partial charge in [-0.25, -0.2) is 4.98 Å². The van der Waals surface area contributed by atoms with Gasteiger partial charge in [-0.3, -0.25) is 0 Å². The summed E-state index contributed by atoms with van der Waals surface area (Å²) in [6.07, 6.45) is 2.32. The molecular weight excluding hydrogens is 368 g/mol. The Bertz CT molecular complexity index is 1330. The SMILES string of the molecule is CCCCn1c(NCc2ccc3c(c2)c2ccccc2n3CC)nc2ccccc21. The van der Waals surface area contributed by atoms with Crippen molar-refractivity contribution in [3.8, 4) is 0 Å². The predicted octanol–water partition coefficient (Wildman–Crippen LogP) is 6.58. The number of hydrogen-bond donors (Lipinski definition) is 1. The average molecular weight is 397 g/mol. The smallest absolute Gasteiger partial charge is 0.204 e. The second-order valence-electron chi connectivity index (χ2n) is 7.90. The topological polar surface area (TPSA) is 34.8 Å². The summed E-state index contributed by atoms with van der Waals surface area (Å²) in [6, 6.07) is 23.9. The lowest BCUT2D eigenvalue weighted by Gasteiger charge is -2.11. The van der Waals surface area contributed by atoms with E-state index in [1.807, 2.05) is 0 Å². The van der Waals surface area contributed by atoms with Gasteiger partial charge in [0.25, 0.3) is 0 Å². The fraction of sp³-hybridized carbons (Fsp3) is 0.269. The van der Waals surface area contributed by atoms with E-state index in [2.05, 4.69) is 95.0 Å². The molecule has 5 aromatic rings. The molecule has 0 amide bonds. The fourth-order valence-corrected chi connectivity index (χ4v) is 4.49. The summed E-state index contributed by atoms with van der Waals surface area (Å²) in [4.78, 5) is 4.86. The van der Waals surface area contributed by atoms with E-state index in [1.54, 1.807) is 0 Å². The van der Waals surface area contributed by atoms with Crippen molar-refractivity contribution in [3.05, 3.63) is 72.3 Å². The first-order valence-corrected chi connectivity index (χ1v) is 11.0. The number of anilines is 1. The third-order valence-electron chi connectivity index (χ3n) is 5.99. The van der Waals surface area contributed by atoms with Crippen LogP contribution in [0.3, 0.4) is 0 Å². The molecule has 4 heteroatoms. The van der Waals surface area contributed by atoms with Gasteiger partial charge in [0.2, 0.25) is 5.95 Å². The first kappa shape index (κ1) is 18.7. The summed E-state index contributed by atoms with van der Waals surface area (Å²) in [5.41, 5.74) is 6.14. The van der Waals surface area contributed by atoms with Crippen molar-refractivity contribution in [3.63, 3.8) is 0 Å². The van der Waals surface area contributed by atoms with Crippen molar-refractivity contribution < 1.29 is 0 Å². The Balaban J connectivity index is 1.49. The molecular formula is C26H28N4. The van der Waals surface area contributed by atoms with Crippen LogP contribution in [0.2, 0.25) is 0 Å². The number of imidazole rings is 1. The highest BCUT2D eigenvalue weighted by atomic mass is 15.2. The normalized spacial score (nSPS) is 11.7. The number of para-hydroxylation sites is 3. The van der Waals surface area contributed by atoms with E-state index in [1.165, 1.54) is 39.3 Å². The summed E-state index contributed by atoms with van der Waals surface area (Å²) in [7, 11) is 0. The quantitative estimate of drug-likeness (QED) is 0.337. The van der Waals surface area contributed by atoms with E-state index in [0.29, 0.717) is 0 Å². The zero-order valence-corrected chi connectivity index (χ0v) is 17.7. The van der Waals surface area contributed by atoms with Crippen LogP contribution in [0.4, 0.5) is 5.95 Å². The molecule has 0 saturated carbocycles. The number of aryl methyl sites for hydroxylation is 2. The highest BCUT2D eigenvalue weighted by Crippen LogP contribution is 2.30. The third-order valence-corrected chi connectivity index (χ3v) is 5.99. The van der Waals surface area contributed by atoms with Crippen molar-refractivity contribution in [2.75, 3.05) is 5.32 Å². The van der Waals surface area contributed by atoms with E-state index in [0.717, 1.165) is 37.5 Å². The molecule has 4 nitrogen and oxygen atoms in total. The molecule has 3 aromatic carbocycles. The number of aromatic nitrogens is 3. The number of nitrogens with one attached hydrogen (secondary N) is 1. The van der Waals surface area contributed by atoms with E-state index in [9.17, 15) is 0 Å².